The Labute approximate surface area is 85.8 Å². The molecule has 1 heterocycles. The SMILES string of the molecule is COc1cc2[nH][c]nc2c(Cl)c1OC. The first-order valence-electron chi connectivity index (χ1n) is 3.94. The Bertz CT molecular complexity index is 467. The van der Waals surface area contributed by atoms with E-state index in [1.165, 1.54) is 7.11 Å². The summed E-state index contributed by atoms with van der Waals surface area (Å²) in [5, 5.41) is 0.430. The fourth-order valence-corrected chi connectivity index (χ4v) is 1.60. The highest BCUT2D eigenvalue weighted by molar-refractivity contribution is 6.36. The van der Waals surface area contributed by atoms with E-state index in [0.29, 0.717) is 22.0 Å². The Hall–Kier alpha value is -1.42. The van der Waals surface area contributed by atoms with Crippen molar-refractivity contribution in [3.05, 3.63) is 17.4 Å². The van der Waals surface area contributed by atoms with Crippen LogP contribution >= 0.6 is 11.6 Å². The van der Waals surface area contributed by atoms with E-state index in [4.69, 9.17) is 21.1 Å². The highest BCUT2D eigenvalue weighted by Gasteiger charge is 2.14. The van der Waals surface area contributed by atoms with Gasteiger partial charge in [-0.3, -0.25) is 0 Å². The summed E-state index contributed by atoms with van der Waals surface area (Å²) in [6, 6.07) is 1.77. The quantitative estimate of drug-likeness (QED) is 0.827. The number of fused-ring (bicyclic) bond motifs is 1. The largest absolute Gasteiger partial charge is 0.493 e. The van der Waals surface area contributed by atoms with Crippen LogP contribution in [-0.2, 0) is 0 Å². The maximum absolute atomic E-state index is 6.06. The Kier molecular flexibility index (Phi) is 2.21. The monoisotopic (exact) mass is 211 g/mol. The van der Waals surface area contributed by atoms with Crippen LogP contribution in [0.3, 0.4) is 0 Å². The van der Waals surface area contributed by atoms with Gasteiger partial charge in [-0.05, 0) is 0 Å². The van der Waals surface area contributed by atoms with Crippen LogP contribution in [0.15, 0.2) is 6.07 Å². The van der Waals surface area contributed by atoms with Crippen LogP contribution in [0.25, 0.3) is 11.0 Å². The molecule has 4 nitrogen and oxygen atoms in total. The number of methoxy groups -OCH3 is 2. The molecular formula is C9H8ClN2O2. The topological polar surface area (TPSA) is 47.1 Å². The van der Waals surface area contributed by atoms with E-state index < -0.39 is 0 Å². The molecule has 0 aliphatic rings. The highest BCUT2D eigenvalue weighted by Crippen LogP contribution is 2.39. The van der Waals surface area contributed by atoms with Crippen molar-refractivity contribution in [2.45, 2.75) is 0 Å². The van der Waals surface area contributed by atoms with Crippen LogP contribution in [0.2, 0.25) is 5.02 Å². The van der Waals surface area contributed by atoms with Crippen LogP contribution in [0.5, 0.6) is 11.5 Å². The second-order valence-electron chi connectivity index (χ2n) is 2.67. The summed E-state index contributed by atoms with van der Waals surface area (Å²) < 4.78 is 10.2. The lowest BCUT2D eigenvalue weighted by Gasteiger charge is -2.08. The maximum atomic E-state index is 6.06. The van der Waals surface area contributed by atoms with Crippen molar-refractivity contribution in [1.29, 1.82) is 0 Å². The molecule has 1 aromatic heterocycles. The molecule has 0 saturated heterocycles. The number of aromatic nitrogens is 2. The molecule has 1 radical (unpaired) electrons. The van der Waals surface area contributed by atoms with Crippen LogP contribution in [-0.4, -0.2) is 24.2 Å². The summed E-state index contributed by atoms with van der Waals surface area (Å²) in [5.74, 6) is 1.06. The van der Waals surface area contributed by atoms with Crippen molar-refractivity contribution in [2.24, 2.45) is 0 Å². The summed E-state index contributed by atoms with van der Waals surface area (Å²) in [6.45, 7) is 0. The number of nitrogens with one attached hydrogen (secondary N) is 1. The van der Waals surface area contributed by atoms with E-state index in [9.17, 15) is 0 Å². The molecule has 5 heteroatoms. The number of H-pyrrole nitrogens is 1. The van der Waals surface area contributed by atoms with Crippen LogP contribution in [0.1, 0.15) is 0 Å². The van der Waals surface area contributed by atoms with E-state index in [0.717, 1.165) is 5.52 Å². The van der Waals surface area contributed by atoms with Gasteiger partial charge in [-0.15, -0.1) is 0 Å². The number of benzene rings is 1. The standard InChI is InChI=1S/C9H8ClN2O2/c1-13-6-3-5-8(12-4-11-5)7(10)9(6)14-2/h3H,1-2H3,(H,11,12). The molecule has 0 aliphatic carbocycles. The van der Waals surface area contributed by atoms with Crippen LogP contribution in [0.4, 0.5) is 0 Å². The fourth-order valence-electron chi connectivity index (χ4n) is 1.29. The number of aromatic amines is 1. The van der Waals surface area contributed by atoms with Gasteiger partial charge in [0.2, 0.25) is 0 Å². The minimum Gasteiger partial charge on any atom is -0.493 e. The molecule has 2 rings (SSSR count). The van der Waals surface area contributed by atoms with Gasteiger partial charge in [0.25, 0.3) is 0 Å². The first kappa shape index (κ1) is 9.15. The Morgan fingerprint density at radius 1 is 1.43 bits per heavy atom. The third kappa shape index (κ3) is 1.19. The van der Waals surface area contributed by atoms with E-state index in [1.807, 2.05) is 0 Å². The Morgan fingerprint density at radius 3 is 2.86 bits per heavy atom. The molecule has 0 bridgehead atoms. The first-order chi connectivity index (χ1) is 6.77. The average Bonchev–Trinajstić information content (AvgIpc) is 2.65. The number of rotatable bonds is 2. The molecule has 1 aromatic carbocycles. The van der Waals surface area contributed by atoms with Crippen molar-refractivity contribution in [3.63, 3.8) is 0 Å². The van der Waals surface area contributed by atoms with Gasteiger partial charge in [0.15, 0.2) is 17.8 Å². The van der Waals surface area contributed by atoms with Crippen LogP contribution < -0.4 is 9.47 Å². The summed E-state index contributed by atoms with van der Waals surface area (Å²) in [7, 11) is 3.09. The molecule has 0 atom stereocenters. The lowest BCUT2D eigenvalue weighted by molar-refractivity contribution is 0.356. The number of hydrogen-bond donors (Lipinski definition) is 1. The number of nitrogens with zero attached hydrogens (tertiary/aromatic N) is 1. The van der Waals surface area contributed by atoms with Crippen molar-refractivity contribution in [3.8, 4) is 11.5 Å². The second-order valence-corrected chi connectivity index (χ2v) is 3.05. The van der Waals surface area contributed by atoms with Crippen molar-refractivity contribution >= 4 is 22.6 Å². The highest BCUT2D eigenvalue weighted by atomic mass is 35.5. The smallest absolute Gasteiger partial charge is 0.181 e. The predicted molar refractivity (Wildman–Crippen MR) is 53.0 cm³/mol. The normalized spacial score (nSPS) is 10.5. The third-order valence-electron chi connectivity index (χ3n) is 1.94. The van der Waals surface area contributed by atoms with Crippen molar-refractivity contribution in [2.75, 3.05) is 14.2 Å². The molecule has 0 fully saturated rings. The molecule has 73 valence electrons. The van der Waals surface area contributed by atoms with E-state index in [1.54, 1.807) is 13.2 Å². The minimum atomic E-state index is 0.430. The molecule has 1 N–H and O–H groups in total. The molecule has 0 saturated carbocycles. The van der Waals surface area contributed by atoms with Gasteiger partial charge in [-0.25, -0.2) is 4.98 Å². The average molecular weight is 212 g/mol. The second kappa shape index (κ2) is 3.38. The number of imidazole rings is 1. The van der Waals surface area contributed by atoms with Gasteiger partial charge in [0.05, 0.1) is 19.7 Å². The number of halogens is 1. The maximum Gasteiger partial charge on any atom is 0.181 e. The Morgan fingerprint density at radius 2 is 2.21 bits per heavy atom. The van der Waals surface area contributed by atoms with Gasteiger partial charge in [-0.2, -0.15) is 0 Å². The van der Waals surface area contributed by atoms with E-state index in [-0.39, 0.29) is 0 Å². The predicted octanol–water partition coefficient (Wildman–Crippen LogP) is 2.03. The molecule has 0 aliphatic heterocycles. The summed E-state index contributed by atoms with van der Waals surface area (Å²) in [5.41, 5.74) is 1.40. The Balaban J connectivity index is 2.79. The van der Waals surface area contributed by atoms with Crippen molar-refractivity contribution in [1.82, 2.24) is 9.97 Å². The summed E-state index contributed by atoms with van der Waals surface area (Å²) in [4.78, 5) is 6.78. The number of hydrogen-bond acceptors (Lipinski definition) is 3. The zero-order valence-electron chi connectivity index (χ0n) is 7.72. The van der Waals surface area contributed by atoms with E-state index in [2.05, 4.69) is 16.3 Å². The molecular weight excluding hydrogens is 204 g/mol. The summed E-state index contributed by atoms with van der Waals surface area (Å²) in [6.07, 6.45) is 2.61. The molecule has 2 aromatic rings. The van der Waals surface area contributed by atoms with Gasteiger partial charge >= 0.3 is 0 Å². The fraction of sp³-hybridized carbons (Fsp3) is 0.222. The van der Waals surface area contributed by atoms with E-state index >= 15 is 0 Å². The molecule has 14 heavy (non-hydrogen) atoms. The van der Waals surface area contributed by atoms with Crippen molar-refractivity contribution < 1.29 is 9.47 Å². The molecule has 0 amide bonds. The summed E-state index contributed by atoms with van der Waals surface area (Å²) >= 11 is 6.06. The first-order valence-corrected chi connectivity index (χ1v) is 4.32. The van der Waals surface area contributed by atoms with Gasteiger partial charge < -0.3 is 14.5 Å². The van der Waals surface area contributed by atoms with Gasteiger partial charge in [0, 0.05) is 6.07 Å². The molecule has 0 unspecified atom stereocenters. The minimum absolute atomic E-state index is 0.430. The molecule has 0 spiro atoms. The van der Waals surface area contributed by atoms with Crippen LogP contribution in [0, 0.1) is 6.33 Å². The lowest BCUT2D eigenvalue weighted by Crippen LogP contribution is -1.91. The van der Waals surface area contributed by atoms with Gasteiger partial charge in [0.1, 0.15) is 10.5 Å². The third-order valence-corrected chi connectivity index (χ3v) is 2.29. The zero-order valence-corrected chi connectivity index (χ0v) is 8.47. The van der Waals surface area contributed by atoms with Gasteiger partial charge in [-0.1, -0.05) is 11.6 Å². The number of ether oxygens (including phenoxy) is 2. The lowest BCUT2D eigenvalue weighted by atomic mass is 10.2. The zero-order chi connectivity index (χ0) is 10.1.